The van der Waals surface area contributed by atoms with Gasteiger partial charge in [0.2, 0.25) is 0 Å². The number of nitrogens with zero attached hydrogens (tertiary/aromatic N) is 2. The molecule has 4 heterocycles. The second-order valence-electron chi connectivity index (χ2n) is 13.6. The molecule has 5 heteroatoms. The van der Waals surface area contributed by atoms with Crippen molar-refractivity contribution in [3.8, 4) is 22.6 Å². The highest BCUT2D eigenvalue weighted by Crippen LogP contribution is 2.50. The van der Waals surface area contributed by atoms with Crippen molar-refractivity contribution in [3.63, 3.8) is 0 Å². The summed E-state index contributed by atoms with van der Waals surface area (Å²) in [6.45, 7) is 0.182. The van der Waals surface area contributed by atoms with Crippen molar-refractivity contribution < 1.29 is 4.74 Å². The van der Waals surface area contributed by atoms with Gasteiger partial charge >= 0.3 is 0 Å². The van der Waals surface area contributed by atoms with Gasteiger partial charge in [0.1, 0.15) is 11.5 Å². The van der Waals surface area contributed by atoms with Crippen LogP contribution < -0.4 is 47.3 Å². The molecule has 5 aliphatic rings. The highest BCUT2D eigenvalue weighted by molar-refractivity contribution is 7.04. The molecular formula is C43H26B2N2O. The van der Waals surface area contributed by atoms with Crippen molar-refractivity contribution in [2.75, 3.05) is 9.80 Å². The Balaban J connectivity index is 1.22. The van der Waals surface area contributed by atoms with Crippen molar-refractivity contribution in [2.45, 2.75) is 6.42 Å². The fraction of sp³-hybridized carbons (Fsp3) is 0.0233. The minimum absolute atomic E-state index is 0.0877. The monoisotopic (exact) mass is 608 g/mol. The van der Waals surface area contributed by atoms with Crippen LogP contribution in [0, 0.1) is 0 Å². The normalized spacial score (nSPS) is 14.6. The molecule has 48 heavy (non-hydrogen) atoms. The first-order chi connectivity index (χ1) is 23.8. The van der Waals surface area contributed by atoms with Crippen molar-refractivity contribution in [3.05, 3.63) is 157 Å². The Kier molecular flexibility index (Phi) is 4.67. The highest BCUT2D eigenvalue weighted by Gasteiger charge is 2.51. The predicted octanol–water partition coefficient (Wildman–Crippen LogP) is 6.28. The summed E-state index contributed by atoms with van der Waals surface area (Å²) in [4.78, 5) is 5.10. The molecule has 0 radical (unpaired) electrons. The van der Waals surface area contributed by atoms with E-state index in [1.807, 2.05) is 0 Å². The zero-order chi connectivity index (χ0) is 31.1. The third-order valence-electron chi connectivity index (χ3n) is 11.3. The van der Waals surface area contributed by atoms with E-state index in [0.29, 0.717) is 0 Å². The van der Waals surface area contributed by atoms with Crippen LogP contribution >= 0.6 is 0 Å². The van der Waals surface area contributed by atoms with Gasteiger partial charge < -0.3 is 14.5 Å². The molecule has 0 aromatic heterocycles. The molecule has 7 aromatic carbocycles. The zero-order valence-electron chi connectivity index (χ0n) is 26.0. The standard InChI is InChI=1S/C43H26B2N2O/c1-2-13-27-26(12-1)24-29-28(27)14-11-22-34(29)46-35-19-7-3-15-30(35)44-31-16-4-8-20-36(31)47-37-21-9-5-17-32(37)45-33-18-6-10-23-39(33)48-40-25-38(46)41(44)43(47)42(40)45/h1-23,25H,24H2. The second-order valence-corrected chi connectivity index (χ2v) is 13.6. The molecule has 3 nitrogen and oxygen atoms in total. The van der Waals surface area contributed by atoms with E-state index < -0.39 is 0 Å². The van der Waals surface area contributed by atoms with Gasteiger partial charge in [-0.2, -0.15) is 0 Å². The molecule has 0 amide bonds. The first-order valence-corrected chi connectivity index (χ1v) is 16.9. The summed E-state index contributed by atoms with van der Waals surface area (Å²) in [5, 5.41) is 0. The van der Waals surface area contributed by atoms with E-state index in [9.17, 15) is 0 Å². The lowest BCUT2D eigenvalue weighted by atomic mass is 9.29. The van der Waals surface area contributed by atoms with Gasteiger partial charge in [-0.15, -0.1) is 0 Å². The van der Waals surface area contributed by atoms with Crippen molar-refractivity contribution in [2.24, 2.45) is 0 Å². The van der Waals surface area contributed by atoms with Crippen LogP contribution in [-0.4, -0.2) is 13.4 Å². The number of rotatable bonds is 1. The van der Waals surface area contributed by atoms with E-state index in [0.717, 1.165) is 17.9 Å². The van der Waals surface area contributed by atoms with Crippen LogP contribution in [0.3, 0.4) is 0 Å². The highest BCUT2D eigenvalue weighted by atomic mass is 16.5. The van der Waals surface area contributed by atoms with Crippen LogP contribution in [0.15, 0.2) is 146 Å². The summed E-state index contributed by atoms with van der Waals surface area (Å²) in [7, 11) is 0. The van der Waals surface area contributed by atoms with Gasteiger partial charge in [-0.25, -0.2) is 0 Å². The second kappa shape index (κ2) is 8.90. The van der Waals surface area contributed by atoms with Crippen LogP contribution in [0.25, 0.3) is 11.1 Å². The largest absolute Gasteiger partial charge is 0.458 e. The molecule has 0 fully saturated rings. The molecule has 12 rings (SSSR count). The van der Waals surface area contributed by atoms with Gasteiger partial charge in [0.25, 0.3) is 13.4 Å². The van der Waals surface area contributed by atoms with E-state index >= 15 is 0 Å². The topological polar surface area (TPSA) is 15.7 Å². The third-order valence-corrected chi connectivity index (χ3v) is 11.3. The quantitative estimate of drug-likeness (QED) is 0.204. The van der Waals surface area contributed by atoms with E-state index in [2.05, 4.69) is 155 Å². The number of hydrogen-bond donors (Lipinski definition) is 0. The molecule has 220 valence electrons. The first kappa shape index (κ1) is 25.2. The molecule has 0 atom stereocenters. The maximum absolute atomic E-state index is 6.96. The Morgan fingerprint density at radius 1 is 0.438 bits per heavy atom. The fourth-order valence-electron chi connectivity index (χ4n) is 9.54. The first-order valence-electron chi connectivity index (χ1n) is 16.9. The molecule has 0 bridgehead atoms. The Hall–Kier alpha value is -5.93. The van der Waals surface area contributed by atoms with Crippen LogP contribution in [-0.2, 0) is 6.42 Å². The van der Waals surface area contributed by atoms with Crippen molar-refractivity contribution >= 4 is 80.3 Å². The summed E-state index contributed by atoms with van der Waals surface area (Å²) in [5.74, 6) is 1.89. The van der Waals surface area contributed by atoms with Gasteiger partial charge in [0.05, 0.1) is 5.69 Å². The van der Waals surface area contributed by atoms with Crippen LogP contribution in [0.2, 0.25) is 0 Å². The number of ether oxygens (including phenoxy) is 1. The van der Waals surface area contributed by atoms with Gasteiger partial charge in [-0.3, -0.25) is 0 Å². The molecular weight excluding hydrogens is 582 g/mol. The maximum atomic E-state index is 6.96. The number of benzene rings is 7. The van der Waals surface area contributed by atoms with Crippen LogP contribution in [0.5, 0.6) is 11.5 Å². The van der Waals surface area contributed by atoms with E-state index in [1.54, 1.807) is 0 Å². The summed E-state index contributed by atoms with van der Waals surface area (Å²) in [5.41, 5.74) is 20.8. The summed E-state index contributed by atoms with van der Waals surface area (Å²) in [6, 6.07) is 53.8. The van der Waals surface area contributed by atoms with E-state index in [1.165, 1.54) is 89.2 Å². The minimum Gasteiger partial charge on any atom is -0.458 e. The Morgan fingerprint density at radius 3 is 1.75 bits per heavy atom. The molecule has 7 aromatic rings. The fourth-order valence-corrected chi connectivity index (χ4v) is 9.54. The Morgan fingerprint density at radius 2 is 1.00 bits per heavy atom. The van der Waals surface area contributed by atoms with Crippen molar-refractivity contribution in [1.29, 1.82) is 0 Å². The molecule has 1 aliphatic carbocycles. The van der Waals surface area contributed by atoms with Crippen LogP contribution in [0.1, 0.15) is 11.1 Å². The van der Waals surface area contributed by atoms with Crippen LogP contribution in [0.4, 0.5) is 34.1 Å². The Labute approximate surface area is 279 Å². The number of fused-ring (bicyclic) bond motifs is 13. The molecule has 0 saturated carbocycles. The third kappa shape index (κ3) is 2.99. The SMILES string of the molecule is c1ccc2c(c1)Cc1c-2cccc1N1c2ccccc2B2c3ccccc3N3c4ccccc4B4c5ccccc5Oc5cc1c2c3c54. The molecule has 0 spiro atoms. The van der Waals surface area contributed by atoms with E-state index in [-0.39, 0.29) is 13.4 Å². The maximum Gasteiger partial charge on any atom is 0.256 e. The average molecular weight is 608 g/mol. The lowest BCUT2D eigenvalue weighted by Gasteiger charge is -2.49. The molecule has 0 saturated heterocycles. The summed E-state index contributed by atoms with van der Waals surface area (Å²) in [6.07, 6.45) is 0.922. The Bertz CT molecular complexity index is 2570. The number of para-hydroxylation sites is 4. The van der Waals surface area contributed by atoms with E-state index in [4.69, 9.17) is 4.74 Å². The summed E-state index contributed by atoms with van der Waals surface area (Å²) >= 11 is 0. The lowest BCUT2D eigenvalue weighted by Crippen LogP contribution is -2.67. The molecule has 0 unspecified atom stereocenters. The average Bonchev–Trinajstić information content (AvgIpc) is 3.53. The molecule has 0 N–H and O–H groups in total. The number of anilines is 6. The smallest absolute Gasteiger partial charge is 0.256 e. The van der Waals surface area contributed by atoms with Gasteiger partial charge in [-0.1, -0.05) is 109 Å². The minimum atomic E-state index is 0.0877. The lowest BCUT2D eigenvalue weighted by molar-refractivity contribution is 0.488. The van der Waals surface area contributed by atoms with Gasteiger partial charge in [0, 0.05) is 40.9 Å². The van der Waals surface area contributed by atoms with Gasteiger partial charge in [0.15, 0.2) is 0 Å². The zero-order valence-corrected chi connectivity index (χ0v) is 26.0. The van der Waals surface area contributed by atoms with Gasteiger partial charge in [-0.05, 0) is 85.4 Å². The summed E-state index contributed by atoms with van der Waals surface area (Å²) < 4.78 is 6.96. The predicted molar refractivity (Wildman–Crippen MR) is 200 cm³/mol. The number of hydrogen-bond acceptors (Lipinski definition) is 3. The van der Waals surface area contributed by atoms with Crippen molar-refractivity contribution in [1.82, 2.24) is 0 Å². The molecule has 4 aliphatic heterocycles.